The van der Waals surface area contributed by atoms with E-state index in [1.165, 1.54) is 0 Å². The van der Waals surface area contributed by atoms with E-state index in [9.17, 15) is 9.90 Å². The molecule has 0 bridgehead atoms. The van der Waals surface area contributed by atoms with Gasteiger partial charge in [0.05, 0.1) is 6.10 Å². The molecule has 134 valence electrons. The van der Waals surface area contributed by atoms with Crippen LogP contribution in [0.2, 0.25) is 0 Å². The third-order valence-corrected chi connectivity index (χ3v) is 4.71. The van der Waals surface area contributed by atoms with E-state index in [0.29, 0.717) is 13.0 Å². The molecule has 0 radical (unpaired) electrons. The number of hydrogen-bond donors (Lipinski definition) is 1. The maximum absolute atomic E-state index is 12.3. The van der Waals surface area contributed by atoms with Crippen molar-refractivity contribution in [3.63, 3.8) is 0 Å². The smallest absolute Gasteiger partial charge is 0.222 e. The fraction of sp³-hybridized carbons (Fsp3) is 0.684. The summed E-state index contributed by atoms with van der Waals surface area (Å²) < 4.78 is 0. The van der Waals surface area contributed by atoms with Crippen molar-refractivity contribution in [3.05, 3.63) is 30.1 Å². The predicted molar refractivity (Wildman–Crippen MR) is 95.7 cm³/mol. The van der Waals surface area contributed by atoms with Gasteiger partial charge in [0.15, 0.2) is 0 Å². The number of β-amino-alcohol motifs (C(OH)–C–C–N with tert-alkyl or cyclic N) is 1. The number of aliphatic hydroxyl groups excluding tert-OH is 1. The Morgan fingerprint density at radius 3 is 2.54 bits per heavy atom. The molecule has 5 heteroatoms. The van der Waals surface area contributed by atoms with Crippen LogP contribution in [-0.2, 0) is 11.2 Å². The maximum atomic E-state index is 12.3. The van der Waals surface area contributed by atoms with Gasteiger partial charge in [0.1, 0.15) is 0 Å². The molecule has 1 aliphatic heterocycles. The quantitative estimate of drug-likeness (QED) is 0.864. The first kappa shape index (κ1) is 18.9. The van der Waals surface area contributed by atoms with Gasteiger partial charge >= 0.3 is 0 Å². The van der Waals surface area contributed by atoms with Crippen LogP contribution in [0, 0.1) is 5.41 Å². The number of nitrogens with zero attached hydrogens (tertiary/aromatic N) is 3. The highest BCUT2D eigenvalue weighted by molar-refractivity contribution is 5.76. The standard InChI is InChI=1S/C19H31N3O2/c1-19(2,3)17(23)15-21-11-13-22(14-12-21)18(24)9-6-8-16-7-4-5-10-20-16/h4-5,7,10,17,23H,6,8-9,11-15H2,1-3H3/t17-/m0/s1. The Kier molecular flexibility index (Phi) is 6.75. The van der Waals surface area contributed by atoms with E-state index < -0.39 is 0 Å². The van der Waals surface area contributed by atoms with Gasteiger partial charge in [-0.1, -0.05) is 26.8 Å². The number of aryl methyl sites for hydroxylation is 1. The molecule has 1 atom stereocenters. The third kappa shape index (κ3) is 5.87. The highest BCUT2D eigenvalue weighted by atomic mass is 16.3. The van der Waals surface area contributed by atoms with E-state index in [4.69, 9.17) is 0 Å². The van der Waals surface area contributed by atoms with E-state index in [0.717, 1.165) is 44.7 Å². The number of hydrogen-bond acceptors (Lipinski definition) is 4. The zero-order chi connectivity index (χ0) is 17.6. The molecule has 2 heterocycles. The van der Waals surface area contributed by atoms with E-state index in [1.54, 1.807) is 6.20 Å². The van der Waals surface area contributed by atoms with Crippen LogP contribution in [0.25, 0.3) is 0 Å². The summed E-state index contributed by atoms with van der Waals surface area (Å²) in [6.07, 6.45) is 3.74. The molecule has 1 aliphatic rings. The second-order valence-electron chi connectivity index (χ2n) is 7.74. The van der Waals surface area contributed by atoms with Crippen LogP contribution >= 0.6 is 0 Å². The van der Waals surface area contributed by atoms with E-state index in [-0.39, 0.29) is 17.4 Å². The summed E-state index contributed by atoms with van der Waals surface area (Å²) in [7, 11) is 0. The minimum atomic E-state index is -0.335. The summed E-state index contributed by atoms with van der Waals surface area (Å²) >= 11 is 0. The number of aliphatic hydroxyl groups is 1. The highest BCUT2D eigenvalue weighted by Gasteiger charge is 2.27. The zero-order valence-electron chi connectivity index (χ0n) is 15.2. The average molecular weight is 333 g/mol. The molecule has 0 saturated carbocycles. The normalized spacial score (nSPS) is 17.8. The Morgan fingerprint density at radius 2 is 1.96 bits per heavy atom. The molecule has 1 saturated heterocycles. The molecule has 1 amide bonds. The largest absolute Gasteiger partial charge is 0.391 e. The molecule has 1 aromatic rings. The highest BCUT2D eigenvalue weighted by Crippen LogP contribution is 2.20. The van der Waals surface area contributed by atoms with Gasteiger partial charge in [-0.2, -0.15) is 0 Å². The van der Waals surface area contributed by atoms with Crippen LogP contribution in [0.4, 0.5) is 0 Å². The van der Waals surface area contributed by atoms with Gasteiger partial charge in [0.25, 0.3) is 0 Å². The maximum Gasteiger partial charge on any atom is 0.222 e. The van der Waals surface area contributed by atoms with Crippen molar-refractivity contribution < 1.29 is 9.90 Å². The molecule has 0 unspecified atom stereocenters. The molecular weight excluding hydrogens is 302 g/mol. The molecule has 0 aromatic carbocycles. The van der Waals surface area contributed by atoms with Gasteiger partial charge in [0.2, 0.25) is 5.91 Å². The van der Waals surface area contributed by atoms with Crippen molar-refractivity contribution in [3.8, 4) is 0 Å². The number of piperazine rings is 1. The number of carbonyl (C=O) groups is 1. The fourth-order valence-electron chi connectivity index (χ4n) is 2.82. The molecule has 1 aromatic heterocycles. The molecule has 24 heavy (non-hydrogen) atoms. The van der Waals surface area contributed by atoms with Gasteiger partial charge in [-0.15, -0.1) is 0 Å². The van der Waals surface area contributed by atoms with Gasteiger partial charge in [-0.25, -0.2) is 0 Å². The van der Waals surface area contributed by atoms with Crippen molar-refractivity contribution in [2.75, 3.05) is 32.7 Å². The Morgan fingerprint density at radius 1 is 1.25 bits per heavy atom. The summed E-state index contributed by atoms with van der Waals surface area (Å²) in [6, 6.07) is 5.89. The molecule has 0 aliphatic carbocycles. The zero-order valence-corrected chi connectivity index (χ0v) is 15.2. The first-order chi connectivity index (χ1) is 11.4. The van der Waals surface area contributed by atoms with E-state index in [2.05, 4.69) is 30.7 Å². The van der Waals surface area contributed by atoms with Crippen LogP contribution in [-0.4, -0.2) is 64.6 Å². The van der Waals surface area contributed by atoms with Crippen molar-refractivity contribution in [1.82, 2.24) is 14.8 Å². The van der Waals surface area contributed by atoms with Crippen LogP contribution in [0.15, 0.2) is 24.4 Å². The monoisotopic (exact) mass is 333 g/mol. The van der Waals surface area contributed by atoms with Crippen LogP contribution in [0.1, 0.15) is 39.3 Å². The van der Waals surface area contributed by atoms with E-state index in [1.807, 2.05) is 23.1 Å². The molecule has 1 N–H and O–H groups in total. The van der Waals surface area contributed by atoms with Gasteiger partial charge in [0, 0.05) is 51.0 Å². The van der Waals surface area contributed by atoms with Gasteiger partial charge in [-0.05, 0) is 30.4 Å². The number of rotatable bonds is 6. The predicted octanol–water partition coefficient (Wildman–Crippen LogP) is 1.96. The van der Waals surface area contributed by atoms with Crippen LogP contribution in [0.5, 0.6) is 0 Å². The summed E-state index contributed by atoms with van der Waals surface area (Å²) in [5.41, 5.74) is 0.949. The molecule has 2 rings (SSSR count). The number of pyridine rings is 1. The number of aromatic nitrogens is 1. The minimum absolute atomic E-state index is 0.0988. The minimum Gasteiger partial charge on any atom is -0.391 e. The third-order valence-electron chi connectivity index (χ3n) is 4.71. The first-order valence-corrected chi connectivity index (χ1v) is 8.94. The second-order valence-corrected chi connectivity index (χ2v) is 7.74. The van der Waals surface area contributed by atoms with Crippen molar-refractivity contribution in [2.24, 2.45) is 5.41 Å². The topological polar surface area (TPSA) is 56.7 Å². The lowest BCUT2D eigenvalue weighted by Crippen LogP contribution is -2.51. The number of carbonyl (C=O) groups excluding carboxylic acids is 1. The lowest BCUT2D eigenvalue weighted by molar-refractivity contribution is -0.133. The Bertz CT molecular complexity index is 505. The van der Waals surface area contributed by atoms with Crippen molar-refractivity contribution in [2.45, 2.75) is 46.1 Å². The Labute approximate surface area is 145 Å². The van der Waals surface area contributed by atoms with E-state index >= 15 is 0 Å². The average Bonchev–Trinajstić information content (AvgIpc) is 2.55. The Hall–Kier alpha value is -1.46. The lowest BCUT2D eigenvalue weighted by atomic mass is 9.89. The van der Waals surface area contributed by atoms with Gasteiger partial charge in [-0.3, -0.25) is 14.7 Å². The Balaban J connectivity index is 1.67. The molecule has 1 fully saturated rings. The lowest BCUT2D eigenvalue weighted by Gasteiger charge is -2.38. The summed E-state index contributed by atoms with van der Waals surface area (Å²) in [5.74, 6) is 0.238. The van der Waals surface area contributed by atoms with Gasteiger partial charge < -0.3 is 10.0 Å². The summed E-state index contributed by atoms with van der Waals surface area (Å²) in [4.78, 5) is 20.8. The van der Waals surface area contributed by atoms with Crippen LogP contribution < -0.4 is 0 Å². The van der Waals surface area contributed by atoms with Crippen LogP contribution in [0.3, 0.4) is 0 Å². The molecule has 5 nitrogen and oxygen atoms in total. The van der Waals surface area contributed by atoms with Crippen molar-refractivity contribution >= 4 is 5.91 Å². The first-order valence-electron chi connectivity index (χ1n) is 8.94. The molecular formula is C19H31N3O2. The SMILES string of the molecule is CC(C)(C)[C@@H](O)CN1CCN(C(=O)CCCc2ccccn2)CC1. The molecule has 0 spiro atoms. The summed E-state index contributed by atoms with van der Waals surface area (Å²) in [5, 5.41) is 10.2. The second kappa shape index (κ2) is 8.58. The fourth-order valence-corrected chi connectivity index (χ4v) is 2.82. The summed E-state index contributed by atoms with van der Waals surface area (Å²) in [6.45, 7) is 10.1. The van der Waals surface area contributed by atoms with Crippen molar-refractivity contribution in [1.29, 1.82) is 0 Å². The number of amides is 1.